The highest BCUT2D eigenvalue weighted by Crippen LogP contribution is 2.36. The Hall–Kier alpha value is -0.360. The normalized spacial score (nSPS) is 18.2. The van der Waals surface area contributed by atoms with Crippen LogP contribution in [0.15, 0.2) is 16.6 Å². The average Bonchev–Trinajstić information content (AvgIpc) is 2.34. The fourth-order valence-electron chi connectivity index (χ4n) is 2.17. The summed E-state index contributed by atoms with van der Waals surface area (Å²) in [6.45, 7) is 1.35. The number of hydrogen-bond donors (Lipinski definition) is 2. The first kappa shape index (κ1) is 15.7. The lowest BCUT2D eigenvalue weighted by Crippen LogP contribution is -2.27. The molecule has 6 heteroatoms. The molecule has 102 valence electrons. The number of rotatable bonds is 2. The molecule has 1 saturated heterocycles. The molecule has 1 aliphatic rings. The second-order valence-corrected chi connectivity index (χ2v) is 5.22. The van der Waals surface area contributed by atoms with Crippen LogP contribution in [0.5, 0.6) is 5.75 Å². The first-order valence-electron chi connectivity index (χ1n) is 5.61. The Balaban J connectivity index is 0.00000162. The summed E-state index contributed by atoms with van der Waals surface area (Å²) in [5.41, 5.74) is 6.57. The Bertz CT molecular complexity index is 413. The lowest BCUT2D eigenvalue weighted by Gasteiger charge is -2.28. The molecule has 1 aliphatic heterocycles. The molecule has 1 aromatic carbocycles. The van der Waals surface area contributed by atoms with Gasteiger partial charge in [-0.15, -0.1) is 12.4 Å². The quantitative estimate of drug-likeness (QED) is 0.869. The molecule has 0 radical (unpaired) electrons. The van der Waals surface area contributed by atoms with E-state index in [1.807, 2.05) is 0 Å². The van der Waals surface area contributed by atoms with Gasteiger partial charge in [-0.05, 0) is 30.9 Å². The Labute approximate surface area is 120 Å². The molecular formula is C12H16BrClFNO2. The zero-order valence-corrected chi connectivity index (χ0v) is 12.1. The molecule has 2 rings (SSSR count). The smallest absolute Gasteiger partial charge is 0.166 e. The van der Waals surface area contributed by atoms with Gasteiger partial charge in [0.25, 0.3) is 0 Å². The molecule has 1 heterocycles. The van der Waals surface area contributed by atoms with Gasteiger partial charge < -0.3 is 15.6 Å². The minimum atomic E-state index is -0.642. The number of nitrogens with two attached hydrogens (primary N) is 1. The van der Waals surface area contributed by atoms with E-state index in [-0.39, 0.29) is 30.1 Å². The maximum Gasteiger partial charge on any atom is 0.166 e. The van der Waals surface area contributed by atoms with Crippen LogP contribution in [0.1, 0.15) is 24.4 Å². The molecule has 1 aromatic rings. The summed E-state index contributed by atoms with van der Waals surface area (Å²) >= 11 is 3.21. The topological polar surface area (TPSA) is 55.5 Å². The van der Waals surface area contributed by atoms with Crippen molar-refractivity contribution in [2.45, 2.75) is 18.9 Å². The lowest BCUT2D eigenvalue weighted by atomic mass is 9.87. The van der Waals surface area contributed by atoms with E-state index >= 15 is 0 Å². The average molecular weight is 341 g/mol. The van der Waals surface area contributed by atoms with E-state index in [1.165, 1.54) is 6.07 Å². The molecule has 18 heavy (non-hydrogen) atoms. The molecular weight excluding hydrogens is 324 g/mol. The second kappa shape index (κ2) is 6.70. The van der Waals surface area contributed by atoms with Crippen molar-refractivity contribution in [3.63, 3.8) is 0 Å². The first-order chi connectivity index (χ1) is 8.09. The van der Waals surface area contributed by atoms with Crippen LogP contribution in [0.2, 0.25) is 0 Å². The zero-order valence-electron chi connectivity index (χ0n) is 9.73. The van der Waals surface area contributed by atoms with Gasteiger partial charge in [0, 0.05) is 29.3 Å². The van der Waals surface area contributed by atoms with Crippen LogP contribution < -0.4 is 5.73 Å². The fraction of sp³-hybridized carbons (Fsp3) is 0.500. The number of phenols is 1. The highest BCUT2D eigenvalue weighted by Gasteiger charge is 2.25. The van der Waals surface area contributed by atoms with Crippen LogP contribution in [0.3, 0.4) is 0 Å². The Kier molecular flexibility index (Phi) is 5.85. The van der Waals surface area contributed by atoms with Crippen molar-refractivity contribution in [1.29, 1.82) is 0 Å². The third-order valence-electron chi connectivity index (χ3n) is 3.19. The predicted molar refractivity (Wildman–Crippen MR) is 73.5 cm³/mol. The van der Waals surface area contributed by atoms with E-state index in [4.69, 9.17) is 10.5 Å². The number of halogens is 3. The van der Waals surface area contributed by atoms with Gasteiger partial charge >= 0.3 is 0 Å². The van der Waals surface area contributed by atoms with Crippen molar-refractivity contribution in [1.82, 2.24) is 0 Å². The number of benzene rings is 1. The second-order valence-electron chi connectivity index (χ2n) is 4.30. The summed E-state index contributed by atoms with van der Waals surface area (Å²) < 4.78 is 19.3. The van der Waals surface area contributed by atoms with E-state index in [9.17, 15) is 9.50 Å². The van der Waals surface area contributed by atoms with Crippen molar-refractivity contribution < 1.29 is 14.2 Å². The minimum Gasteiger partial charge on any atom is -0.505 e. The predicted octanol–water partition coefficient (Wildman–Crippen LogP) is 3.14. The fourth-order valence-corrected chi connectivity index (χ4v) is 2.62. The number of phenolic OH excluding ortho intramolecular Hbond substituents is 1. The summed E-state index contributed by atoms with van der Waals surface area (Å²) in [6.07, 6.45) is 1.68. The Morgan fingerprint density at radius 3 is 2.61 bits per heavy atom. The van der Waals surface area contributed by atoms with Crippen molar-refractivity contribution in [3.05, 3.63) is 28.0 Å². The lowest BCUT2D eigenvalue weighted by molar-refractivity contribution is 0.0580. The van der Waals surface area contributed by atoms with E-state index < -0.39 is 5.82 Å². The number of aromatic hydroxyl groups is 1. The van der Waals surface area contributed by atoms with Crippen molar-refractivity contribution in [3.8, 4) is 5.75 Å². The Morgan fingerprint density at radius 2 is 2.00 bits per heavy atom. The van der Waals surface area contributed by atoms with E-state index in [2.05, 4.69) is 15.9 Å². The van der Waals surface area contributed by atoms with Crippen molar-refractivity contribution >= 4 is 28.3 Å². The molecule has 3 nitrogen and oxygen atoms in total. The van der Waals surface area contributed by atoms with Crippen LogP contribution in [0.25, 0.3) is 0 Å². The molecule has 3 N–H and O–H groups in total. The highest BCUT2D eigenvalue weighted by molar-refractivity contribution is 9.10. The molecule has 1 atom stereocenters. The van der Waals surface area contributed by atoms with Crippen LogP contribution in [0.4, 0.5) is 4.39 Å². The molecule has 0 saturated carbocycles. The van der Waals surface area contributed by atoms with Crippen molar-refractivity contribution in [2.24, 2.45) is 11.7 Å². The SMILES string of the molecule is Cl.N[C@H](c1cc(Br)cc(F)c1O)C1CCOCC1. The summed E-state index contributed by atoms with van der Waals surface area (Å²) in [5.74, 6) is -0.757. The molecule has 0 aliphatic carbocycles. The summed E-state index contributed by atoms with van der Waals surface area (Å²) in [5, 5.41) is 9.72. The molecule has 0 amide bonds. The van der Waals surface area contributed by atoms with Crippen LogP contribution in [-0.2, 0) is 4.74 Å². The molecule has 1 fully saturated rings. The summed E-state index contributed by atoms with van der Waals surface area (Å²) in [4.78, 5) is 0. The van der Waals surface area contributed by atoms with E-state index in [0.29, 0.717) is 23.2 Å². The number of hydrogen-bond acceptors (Lipinski definition) is 3. The zero-order chi connectivity index (χ0) is 12.4. The van der Waals surface area contributed by atoms with Gasteiger partial charge in [0.2, 0.25) is 0 Å². The van der Waals surface area contributed by atoms with Crippen LogP contribution >= 0.6 is 28.3 Å². The minimum absolute atomic E-state index is 0. The van der Waals surface area contributed by atoms with Gasteiger partial charge in [-0.1, -0.05) is 15.9 Å². The van der Waals surface area contributed by atoms with Gasteiger partial charge in [-0.25, -0.2) is 4.39 Å². The molecule has 0 spiro atoms. The monoisotopic (exact) mass is 339 g/mol. The molecule has 0 unspecified atom stereocenters. The molecule has 0 bridgehead atoms. The van der Waals surface area contributed by atoms with Gasteiger partial charge in [0.05, 0.1) is 0 Å². The van der Waals surface area contributed by atoms with Gasteiger partial charge in [0.1, 0.15) is 0 Å². The molecule has 0 aromatic heterocycles. The van der Waals surface area contributed by atoms with Gasteiger partial charge in [0.15, 0.2) is 11.6 Å². The van der Waals surface area contributed by atoms with Crippen molar-refractivity contribution in [2.75, 3.05) is 13.2 Å². The van der Waals surface area contributed by atoms with Gasteiger partial charge in [-0.3, -0.25) is 0 Å². The third kappa shape index (κ3) is 3.35. The Morgan fingerprint density at radius 1 is 1.39 bits per heavy atom. The maximum atomic E-state index is 13.4. The third-order valence-corrected chi connectivity index (χ3v) is 3.65. The largest absolute Gasteiger partial charge is 0.505 e. The highest BCUT2D eigenvalue weighted by atomic mass is 79.9. The first-order valence-corrected chi connectivity index (χ1v) is 6.40. The maximum absolute atomic E-state index is 13.4. The summed E-state index contributed by atoms with van der Waals surface area (Å²) in [7, 11) is 0. The van der Waals surface area contributed by atoms with Gasteiger partial charge in [-0.2, -0.15) is 0 Å². The van der Waals surface area contributed by atoms with Crippen LogP contribution in [0, 0.1) is 11.7 Å². The van der Waals surface area contributed by atoms with E-state index in [0.717, 1.165) is 12.8 Å². The van der Waals surface area contributed by atoms with Crippen LogP contribution in [-0.4, -0.2) is 18.3 Å². The number of ether oxygens (including phenoxy) is 1. The summed E-state index contributed by atoms with van der Waals surface area (Å²) in [6, 6.07) is 2.56. The standard InChI is InChI=1S/C12H15BrFNO2.ClH/c13-8-5-9(12(16)10(14)6-8)11(15)7-1-3-17-4-2-7;/h5-7,11,16H,1-4,15H2;1H/t11-;/m0./s1. The van der Waals surface area contributed by atoms with E-state index in [1.54, 1.807) is 6.07 Å².